The molecule has 0 bridgehead atoms. The molecule has 0 radical (unpaired) electrons. The lowest BCUT2D eigenvalue weighted by molar-refractivity contribution is -0.137. The van der Waals surface area contributed by atoms with Crippen LogP contribution in [0.4, 0.5) is 13.2 Å². The molecule has 0 spiro atoms. The van der Waals surface area contributed by atoms with Crippen LogP contribution in [-0.4, -0.2) is 27.4 Å². The number of hydrogen-bond donors (Lipinski definition) is 0. The van der Waals surface area contributed by atoms with Crippen molar-refractivity contribution in [2.75, 3.05) is 12.9 Å². The smallest absolute Gasteiger partial charge is 0.368 e. The third-order valence-electron chi connectivity index (χ3n) is 3.53. The number of benzene rings is 1. The van der Waals surface area contributed by atoms with Crippen molar-refractivity contribution in [2.45, 2.75) is 31.7 Å². The van der Waals surface area contributed by atoms with E-state index in [1.165, 1.54) is 12.1 Å². The SMILES string of the molecule is C[C@H]1C[C@@H](COS(C)(=O)=O)O[C@H]1c1ccc(C(F)(F)F)cc1. The summed E-state index contributed by atoms with van der Waals surface area (Å²) in [4.78, 5) is 0. The molecule has 0 N–H and O–H groups in total. The van der Waals surface area contributed by atoms with Gasteiger partial charge in [0, 0.05) is 0 Å². The van der Waals surface area contributed by atoms with Crippen LogP contribution in [0.5, 0.6) is 0 Å². The molecule has 1 heterocycles. The van der Waals surface area contributed by atoms with Crippen LogP contribution in [-0.2, 0) is 25.2 Å². The predicted octanol–water partition coefficient (Wildman–Crippen LogP) is 3.15. The van der Waals surface area contributed by atoms with Crippen molar-refractivity contribution in [3.8, 4) is 0 Å². The minimum atomic E-state index is -4.37. The van der Waals surface area contributed by atoms with Gasteiger partial charge in [0.15, 0.2) is 0 Å². The van der Waals surface area contributed by atoms with Gasteiger partial charge in [0.25, 0.3) is 10.1 Å². The average Bonchev–Trinajstić information content (AvgIpc) is 2.76. The molecule has 1 aromatic rings. The van der Waals surface area contributed by atoms with Gasteiger partial charge < -0.3 is 4.74 Å². The van der Waals surface area contributed by atoms with Gasteiger partial charge in [-0.15, -0.1) is 0 Å². The first-order valence-electron chi connectivity index (χ1n) is 6.73. The Bertz CT molecular complexity index is 610. The van der Waals surface area contributed by atoms with Crippen molar-refractivity contribution >= 4 is 10.1 Å². The van der Waals surface area contributed by atoms with E-state index in [2.05, 4.69) is 0 Å². The minimum absolute atomic E-state index is 0.0601. The Morgan fingerprint density at radius 3 is 2.36 bits per heavy atom. The molecule has 1 aliphatic heterocycles. The van der Waals surface area contributed by atoms with Crippen LogP contribution in [0.3, 0.4) is 0 Å². The molecule has 0 unspecified atom stereocenters. The number of alkyl halides is 3. The molecule has 124 valence electrons. The van der Waals surface area contributed by atoms with E-state index in [4.69, 9.17) is 8.92 Å². The molecule has 2 rings (SSSR count). The largest absolute Gasteiger partial charge is 0.416 e. The molecule has 22 heavy (non-hydrogen) atoms. The van der Waals surface area contributed by atoms with Gasteiger partial charge in [-0.25, -0.2) is 0 Å². The maximum absolute atomic E-state index is 12.5. The maximum atomic E-state index is 12.5. The number of hydrogen-bond acceptors (Lipinski definition) is 4. The van der Waals surface area contributed by atoms with Crippen LogP contribution < -0.4 is 0 Å². The van der Waals surface area contributed by atoms with E-state index in [1.807, 2.05) is 6.92 Å². The lowest BCUT2D eigenvalue weighted by Gasteiger charge is -2.17. The van der Waals surface area contributed by atoms with Crippen molar-refractivity contribution in [3.63, 3.8) is 0 Å². The fourth-order valence-electron chi connectivity index (χ4n) is 2.51. The Hall–Kier alpha value is -1.12. The maximum Gasteiger partial charge on any atom is 0.416 e. The van der Waals surface area contributed by atoms with E-state index in [0.717, 1.165) is 18.4 Å². The van der Waals surface area contributed by atoms with E-state index in [0.29, 0.717) is 12.0 Å². The molecular weight excluding hydrogens is 321 g/mol. The van der Waals surface area contributed by atoms with Crippen LogP contribution in [0.25, 0.3) is 0 Å². The highest BCUT2D eigenvalue weighted by molar-refractivity contribution is 7.85. The zero-order chi connectivity index (χ0) is 16.5. The van der Waals surface area contributed by atoms with Crippen molar-refractivity contribution in [3.05, 3.63) is 35.4 Å². The first kappa shape index (κ1) is 17.2. The normalized spacial score (nSPS) is 26.3. The lowest BCUT2D eigenvalue weighted by Crippen LogP contribution is -2.17. The van der Waals surface area contributed by atoms with Crippen LogP contribution in [0.2, 0.25) is 0 Å². The number of halogens is 3. The summed E-state index contributed by atoms with van der Waals surface area (Å²) in [7, 11) is -3.54. The zero-order valence-electron chi connectivity index (χ0n) is 12.1. The van der Waals surface area contributed by atoms with E-state index in [9.17, 15) is 21.6 Å². The standard InChI is InChI=1S/C14H17F3O4S/c1-9-7-12(8-20-22(2,18)19)21-13(9)10-3-5-11(6-4-10)14(15,16)17/h3-6,9,12-13H,7-8H2,1-2H3/t9-,12-,13+/m0/s1. The summed E-state index contributed by atoms with van der Waals surface area (Å²) >= 11 is 0. The number of ether oxygens (including phenoxy) is 1. The molecule has 1 fully saturated rings. The lowest BCUT2D eigenvalue weighted by atomic mass is 9.95. The topological polar surface area (TPSA) is 52.6 Å². The second kappa shape index (κ2) is 6.17. The molecule has 0 aromatic heterocycles. The van der Waals surface area contributed by atoms with Crippen molar-refractivity contribution < 1.29 is 30.5 Å². The highest BCUT2D eigenvalue weighted by Crippen LogP contribution is 2.39. The van der Waals surface area contributed by atoms with E-state index in [1.54, 1.807) is 0 Å². The van der Waals surface area contributed by atoms with E-state index < -0.39 is 28.0 Å². The summed E-state index contributed by atoms with van der Waals surface area (Å²) in [5.41, 5.74) is -0.0683. The summed E-state index contributed by atoms with van der Waals surface area (Å²) < 4.78 is 70.0. The zero-order valence-corrected chi connectivity index (χ0v) is 12.9. The van der Waals surface area contributed by atoms with Gasteiger partial charge in [0.2, 0.25) is 0 Å². The Labute approximate surface area is 127 Å². The monoisotopic (exact) mass is 338 g/mol. The van der Waals surface area contributed by atoms with Crippen LogP contribution >= 0.6 is 0 Å². The summed E-state index contributed by atoms with van der Waals surface area (Å²) in [6.45, 7) is 1.82. The molecule has 0 saturated carbocycles. The van der Waals surface area contributed by atoms with Gasteiger partial charge >= 0.3 is 6.18 Å². The fraction of sp³-hybridized carbons (Fsp3) is 0.571. The van der Waals surface area contributed by atoms with Gasteiger partial charge in [-0.05, 0) is 30.0 Å². The summed E-state index contributed by atoms with van der Waals surface area (Å²) in [5, 5.41) is 0. The Balaban J connectivity index is 2.04. The molecule has 4 nitrogen and oxygen atoms in total. The van der Waals surface area contributed by atoms with Gasteiger partial charge in [-0.1, -0.05) is 19.1 Å². The second-order valence-electron chi connectivity index (χ2n) is 5.50. The second-order valence-corrected chi connectivity index (χ2v) is 7.14. The molecule has 1 saturated heterocycles. The molecule has 3 atom stereocenters. The average molecular weight is 338 g/mol. The molecular formula is C14H17F3O4S. The van der Waals surface area contributed by atoms with Crippen molar-refractivity contribution in [2.24, 2.45) is 5.92 Å². The third-order valence-corrected chi connectivity index (χ3v) is 4.09. The molecule has 8 heteroatoms. The minimum Gasteiger partial charge on any atom is -0.368 e. The summed E-state index contributed by atoms with van der Waals surface area (Å²) in [6, 6.07) is 4.82. The van der Waals surface area contributed by atoms with E-state index in [-0.39, 0.29) is 18.6 Å². The molecule has 1 aromatic carbocycles. The summed E-state index contributed by atoms with van der Waals surface area (Å²) in [6.07, 6.45) is -3.58. The van der Waals surface area contributed by atoms with Gasteiger partial charge in [0.1, 0.15) is 0 Å². The van der Waals surface area contributed by atoms with Crippen LogP contribution in [0.1, 0.15) is 30.6 Å². The molecule has 1 aliphatic rings. The van der Waals surface area contributed by atoms with Gasteiger partial charge in [0.05, 0.1) is 30.6 Å². The van der Waals surface area contributed by atoms with Gasteiger partial charge in [-0.3, -0.25) is 4.18 Å². The molecule has 0 amide bonds. The first-order chi connectivity index (χ1) is 10.1. The first-order valence-corrected chi connectivity index (χ1v) is 8.55. The predicted molar refractivity (Wildman–Crippen MR) is 73.6 cm³/mol. The number of rotatable bonds is 4. The fourth-order valence-corrected chi connectivity index (χ4v) is 2.91. The van der Waals surface area contributed by atoms with Crippen LogP contribution in [0, 0.1) is 5.92 Å². The quantitative estimate of drug-likeness (QED) is 0.792. The molecule has 0 aliphatic carbocycles. The summed E-state index contributed by atoms with van der Waals surface area (Å²) in [5.74, 6) is 0.0601. The third kappa shape index (κ3) is 4.44. The highest BCUT2D eigenvalue weighted by Gasteiger charge is 2.35. The Morgan fingerprint density at radius 1 is 1.27 bits per heavy atom. The Morgan fingerprint density at radius 2 is 1.86 bits per heavy atom. The van der Waals surface area contributed by atoms with Crippen molar-refractivity contribution in [1.82, 2.24) is 0 Å². The highest BCUT2D eigenvalue weighted by atomic mass is 32.2. The van der Waals surface area contributed by atoms with Crippen LogP contribution in [0.15, 0.2) is 24.3 Å². The Kier molecular flexibility index (Phi) is 4.84. The van der Waals surface area contributed by atoms with E-state index >= 15 is 0 Å². The van der Waals surface area contributed by atoms with Gasteiger partial charge in [-0.2, -0.15) is 21.6 Å². The van der Waals surface area contributed by atoms with Crippen molar-refractivity contribution in [1.29, 1.82) is 0 Å².